The van der Waals surface area contributed by atoms with Gasteiger partial charge in [-0.1, -0.05) is 0 Å². The van der Waals surface area contributed by atoms with Crippen LogP contribution in [0.3, 0.4) is 0 Å². The van der Waals surface area contributed by atoms with Gasteiger partial charge in [0.15, 0.2) is 0 Å². The lowest BCUT2D eigenvalue weighted by atomic mass is 10.0. The molecule has 1 aromatic heterocycles. The average Bonchev–Trinajstić information content (AvgIpc) is 3.33. The number of piperidine rings is 1. The number of pyridine rings is 1. The van der Waals surface area contributed by atoms with E-state index in [1.807, 2.05) is 4.90 Å². The SMILES string of the molecule is CN1CCC(N(C(=O)c2ccc(C(F)(F)F)nc2)C2CC2)CC1. The van der Waals surface area contributed by atoms with Crippen LogP contribution in [0.25, 0.3) is 0 Å². The van der Waals surface area contributed by atoms with E-state index in [0.717, 1.165) is 51.0 Å². The summed E-state index contributed by atoms with van der Waals surface area (Å²) in [5.41, 5.74) is -0.727. The van der Waals surface area contributed by atoms with Gasteiger partial charge in [-0.15, -0.1) is 0 Å². The van der Waals surface area contributed by atoms with Crippen molar-refractivity contribution in [2.75, 3.05) is 20.1 Å². The van der Waals surface area contributed by atoms with Crippen LogP contribution in [-0.4, -0.2) is 52.9 Å². The van der Waals surface area contributed by atoms with Gasteiger partial charge in [-0.25, -0.2) is 0 Å². The maximum atomic E-state index is 12.8. The van der Waals surface area contributed by atoms with Crippen molar-refractivity contribution in [2.45, 2.75) is 43.9 Å². The Bertz CT molecular complexity index is 561. The van der Waals surface area contributed by atoms with Gasteiger partial charge in [0, 0.05) is 18.3 Å². The molecule has 1 aliphatic carbocycles. The van der Waals surface area contributed by atoms with Crippen molar-refractivity contribution in [3.05, 3.63) is 29.6 Å². The van der Waals surface area contributed by atoms with Crippen molar-refractivity contribution >= 4 is 5.91 Å². The van der Waals surface area contributed by atoms with E-state index in [0.29, 0.717) is 0 Å². The summed E-state index contributed by atoms with van der Waals surface area (Å²) in [6.45, 7) is 1.87. The molecule has 2 aliphatic rings. The zero-order valence-corrected chi connectivity index (χ0v) is 13.0. The number of likely N-dealkylation sites (tertiary alicyclic amines) is 1. The van der Waals surface area contributed by atoms with E-state index in [1.54, 1.807) is 0 Å². The third-order valence-electron chi connectivity index (χ3n) is 4.56. The smallest absolute Gasteiger partial charge is 0.333 e. The summed E-state index contributed by atoms with van der Waals surface area (Å²) in [5, 5.41) is 0. The molecule has 0 spiro atoms. The van der Waals surface area contributed by atoms with Crippen LogP contribution in [0, 0.1) is 0 Å². The highest BCUT2D eigenvalue weighted by Gasteiger charge is 2.39. The Morgan fingerprint density at radius 2 is 1.78 bits per heavy atom. The summed E-state index contributed by atoms with van der Waals surface area (Å²) in [4.78, 5) is 20.3. The molecular formula is C16H20F3N3O. The standard InChI is InChI=1S/C16H20F3N3O/c1-21-8-6-13(7-9-21)22(12-3-4-12)15(23)11-2-5-14(20-10-11)16(17,18)19/h2,5,10,12-13H,3-4,6-9H2,1H3. The summed E-state index contributed by atoms with van der Waals surface area (Å²) in [7, 11) is 2.05. The number of hydrogen-bond donors (Lipinski definition) is 0. The van der Waals surface area contributed by atoms with Crippen molar-refractivity contribution in [1.82, 2.24) is 14.8 Å². The van der Waals surface area contributed by atoms with E-state index < -0.39 is 11.9 Å². The number of carbonyl (C=O) groups is 1. The van der Waals surface area contributed by atoms with Crippen molar-refractivity contribution in [2.24, 2.45) is 0 Å². The summed E-state index contributed by atoms with van der Waals surface area (Å²) >= 11 is 0. The lowest BCUT2D eigenvalue weighted by molar-refractivity contribution is -0.141. The second kappa shape index (κ2) is 6.11. The minimum Gasteiger partial charge on any atom is -0.333 e. The first-order valence-electron chi connectivity index (χ1n) is 7.90. The van der Waals surface area contributed by atoms with Gasteiger partial charge in [-0.05, 0) is 58.0 Å². The van der Waals surface area contributed by atoms with E-state index >= 15 is 0 Å². The van der Waals surface area contributed by atoms with Crippen LogP contribution in [0.5, 0.6) is 0 Å². The van der Waals surface area contributed by atoms with E-state index in [2.05, 4.69) is 16.9 Å². The molecule has 2 heterocycles. The Balaban J connectivity index is 1.76. The van der Waals surface area contributed by atoms with E-state index in [-0.39, 0.29) is 23.6 Å². The van der Waals surface area contributed by atoms with Crippen LogP contribution in [0.15, 0.2) is 18.3 Å². The van der Waals surface area contributed by atoms with Crippen molar-refractivity contribution in [3.8, 4) is 0 Å². The van der Waals surface area contributed by atoms with Gasteiger partial charge >= 0.3 is 6.18 Å². The fourth-order valence-corrected chi connectivity index (χ4v) is 3.09. The molecule has 23 heavy (non-hydrogen) atoms. The van der Waals surface area contributed by atoms with Gasteiger partial charge in [0.1, 0.15) is 5.69 Å². The zero-order valence-electron chi connectivity index (χ0n) is 13.0. The second-order valence-electron chi connectivity index (χ2n) is 6.41. The highest BCUT2D eigenvalue weighted by molar-refractivity contribution is 5.94. The highest BCUT2D eigenvalue weighted by atomic mass is 19.4. The number of halogens is 3. The Kier molecular flexibility index (Phi) is 4.31. The summed E-state index contributed by atoms with van der Waals surface area (Å²) in [6, 6.07) is 2.53. The molecule has 4 nitrogen and oxygen atoms in total. The quantitative estimate of drug-likeness (QED) is 0.856. The Morgan fingerprint density at radius 3 is 2.26 bits per heavy atom. The Labute approximate surface area is 133 Å². The van der Waals surface area contributed by atoms with Gasteiger partial charge in [-0.2, -0.15) is 13.2 Å². The van der Waals surface area contributed by atoms with E-state index in [1.165, 1.54) is 6.07 Å². The fraction of sp³-hybridized carbons (Fsp3) is 0.625. The maximum absolute atomic E-state index is 12.8. The monoisotopic (exact) mass is 327 g/mol. The van der Waals surface area contributed by atoms with Crippen molar-refractivity contribution < 1.29 is 18.0 Å². The third kappa shape index (κ3) is 3.65. The number of amides is 1. The van der Waals surface area contributed by atoms with Gasteiger partial charge in [0.05, 0.1) is 5.56 Å². The van der Waals surface area contributed by atoms with Gasteiger partial charge < -0.3 is 9.80 Å². The molecule has 126 valence electrons. The predicted molar refractivity (Wildman–Crippen MR) is 78.9 cm³/mol. The number of aromatic nitrogens is 1. The number of carbonyl (C=O) groups excluding carboxylic acids is 1. The van der Waals surface area contributed by atoms with Crippen LogP contribution in [0.2, 0.25) is 0 Å². The largest absolute Gasteiger partial charge is 0.433 e. The zero-order chi connectivity index (χ0) is 16.6. The minimum absolute atomic E-state index is 0.175. The molecule has 0 N–H and O–H groups in total. The molecule has 1 aromatic rings. The number of alkyl halides is 3. The summed E-state index contributed by atoms with van der Waals surface area (Å²) in [6.07, 6.45) is 0.346. The molecule has 1 amide bonds. The first kappa shape index (κ1) is 16.2. The van der Waals surface area contributed by atoms with Crippen molar-refractivity contribution in [3.63, 3.8) is 0 Å². The molecule has 0 atom stereocenters. The molecule has 0 unspecified atom stereocenters. The van der Waals surface area contributed by atoms with Gasteiger partial charge in [0.2, 0.25) is 0 Å². The minimum atomic E-state index is -4.48. The van der Waals surface area contributed by atoms with E-state index in [9.17, 15) is 18.0 Å². The van der Waals surface area contributed by atoms with Crippen molar-refractivity contribution in [1.29, 1.82) is 0 Å². The lowest BCUT2D eigenvalue weighted by Crippen LogP contribution is -2.47. The maximum Gasteiger partial charge on any atom is 0.433 e. The summed E-state index contributed by atoms with van der Waals surface area (Å²) in [5.74, 6) is -0.191. The molecular weight excluding hydrogens is 307 g/mol. The molecule has 0 aromatic carbocycles. The number of hydrogen-bond acceptors (Lipinski definition) is 3. The predicted octanol–water partition coefficient (Wildman–Crippen LogP) is 2.80. The molecule has 1 saturated heterocycles. The first-order valence-corrected chi connectivity index (χ1v) is 7.90. The van der Waals surface area contributed by atoms with Crippen LogP contribution < -0.4 is 0 Å². The normalized spacial score (nSPS) is 20.5. The van der Waals surface area contributed by atoms with Crippen LogP contribution in [0.4, 0.5) is 13.2 Å². The van der Waals surface area contributed by atoms with Crippen LogP contribution >= 0.6 is 0 Å². The number of rotatable bonds is 3. The lowest BCUT2D eigenvalue weighted by Gasteiger charge is -2.37. The molecule has 0 radical (unpaired) electrons. The third-order valence-corrected chi connectivity index (χ3v) is 4.56. The molecule has 3 rings (SSSR count). The van der Waals surface area contributed by atoms with Gasteiger partial charge in [-0.3, -0.25) is 9.78 Å². The Morgan fingerprint density at radius 1 is 1.17 bits per heavy atom. The van der Waals surface area contributed by atoms with Gasteiger partial charge in [0.25, 0.3) is 5.91 Å². The molecule has 1 saturated carbocycles. The second-order valence-corrected chi connectivity index (χ2v) is 6.41. The molecule has 2 fully saturated rings. The fourth-order valence-electron chi connectivity index (χ4n) is 3.09. The van der Waals surface area contributed by atoms with E-state index in [4.69, 9.17) is 0 Å². The summed E-state index contributed by atoms with van der Waals surface area (Å²) < 4.78 is 37.7. The Hall–Kier alpha value is -1.63. The molecule has 0 bridgehead atoms. The highest BCUT2D eigenvalue weighted by Crippen LogP contribution is 2.33. The topological polar surface area (TPSA) is 36.4 Å². The molecule has 1 aliphatic heterocycles. The molecule has 7 heteroatoms. The number of nitrogens with zero attached hydrogens (tertiary/aromatic N) is 3. The van der Waals surface area contributed by atoms with Crippen LogP contribution in [-0.2, 0) is 6.18 Å². The van der Waals surface area contributed by atoms with Crippen LogP contribution in [0.1, 0.15) is 41.7 Å². The first-order chi connectivity index (χ1) is 10.9. The average molecular weight is 327 g/mol.